The van der Waals surface area contributed by atoms with Crippen LogP contribution >= 0.6 is 0 Å². The van der Waals surface area contributed by atoms with E-state index in [0.29, 0.717) is 12.6 Å². The van der Waals surface area contributed by atoms with Gasteiger partial charge in [-0.05, 0) is 65.0 Å². The van der Waals surface area contributed by atoms with Crippen molar-refractivity contribution < 1.29 is 9.53 Å². The number of hydrogen-bond acceptors (Lipinski definition) is 6. The summed E-state index contributed by atoms with van der Waals surface area (Å²) in [5.41, 5.74) is 1.26. The Morgan fingerprint density at radius 3 is 2.45 bits per heavy atom. The lowest BCUT2D eigenvalue weighted by Gasteiger charge is -2.37. The molecule has 156 valence electrons. The molecule has 1 aromatic heterocycles. The first-order chi connectivity index (χ1) is 13.9. The van der Waals surface area contributed by atoms with Gasteiger partial charge in [-0.25, -0.2) is 14.8 Å². The van der Waals surface area contributed by atoms with Gasteiger partial charge in [-0.3, -0.25) is 0 Å². The number of amides is 1. The van der Waals surface area contributed by atoms with Crippen LogP contribution in [0.25, 0.3) is 11.0 Å². The minimum Gasteiger partial charge on any atom is -0.444 e. The molecule has 7 nitrogen and oxygen atoms in total. The lowest BCUT2D eigenvalue weighted by Crippen LogP contribution is -2.49. The first-order valence-electron chi connectivity index (χ1n) is 10.7. The third-order valence-corrected chi connectivity index (χ3v) is 5.25. The van der Waals surface area contributed by atoms with Gasteiger partial charge in [0.1, 0.15) is 5.60 Å². The molecule has 29 heavy (non-hydrogen) atoms. The van der Waals surface area contributed by atoms with Crippen LogP contribution in [0, 0.1) is 0 Å². The molecule has 1 amide bonds. The molecule has 2 heterocycles. The maximum atomic E-state index is 12.7. The van der Waals surface area contributed by atoms with Gasteiger partial charge in [-0.15, -0.1) is 0 Å². The number of aromatic nitrogens is 2. The summed E-state index contributed by atoms with van der Waals surface area (Å²) in [7, 11) is 0. The minimum atomic E-state index is -0.488. The number of carbonyl (C=O) groups is 1. The predicted molar refractivity (Wildman–Crippen MR) is 115 cm³/mol. The van der Waals surface area contributed by atoms with Gasteiger partial charge in [-0.1, -0.05) is 12.1 Å². The first-order valence-corrected chi connectivity index (χ1v) is 10.7. The van der Waals surface area contributed by atoms with Crippen LogP contribution in [0.3, 0.4) is 0 Å². The quantitative estimate of drug-likeness (QED) is 0.778. The van der Waals surface area contributed by atoms with Gasteiger partial charge in [0, 0.05) is 19.1 Å². The summed E-state index contributed by atoms with van der Waals surface area (Å²) in [6, 6.07) is 8.48. The van der Waals surface area contributed by atoms with Crippen LogP contribution in [-0.2, 0) is 4.74 Å². The van der Waals surface area contributed by atoms with Gasteiger partial charge in [0.05, 0.1) is 17.1 Å². The molecule has 2 aromatic rings. The third-order valence-electron chi connectivity index (χ3n) is 5.25. The largest absolute Gasteiger partial charge is 0.444 e. The van der Waals surface area contributed by atoms with E-state index in [9.17, 15) is 4.79 Å². The first kappa shape index (κ1) is 19.7. The fourth-order valence-electron chi connectivity index (χ4n) is 3.63. The smallest absolute Gasteiger partial charge is 0.410 e. The molecule has 1 unspecified atom stereocenters. The van der Waals surface area contributed by atoms with Gasteiger partial charge in [0.25, 0.3) is 0 Å². The van der Waals surface area contributed by atoms with Crippen molar-refractivity contribution in [3.63, 3.8) is 0 Å². The zero-order valence-electron chi connectivity index (χ0n) is 17.6. The number of fused-ring (bicyclic) bond motifs is 1. The Morgan fingerprint density at radius 1 is 1.10 bits per heavy atom. The number of rotatable bonds is 5. The third kappa shape index (κ3) is 5.08. The van der Waals surface area contributed by atoms with Crippen LogP contribution in [0.15, 0.2) is 24.3 Å². The average Bonchev–Trinajstić information content (AvgIpc) is 3.49. The number of para-hydroxylation sites is 2. The number of benzene rings is 1. The Morgan fingerprint density at radius 2 is 1.79 bits per heavy atom. The van der Waals surface area contributed by atoms with E-state index in [2.05, 4.69) is 10.6 Å². The Kier molecular flexibility index (Phi) is 5.48. The molecule has 2 N–H and O–H groups in total. The van der Waals surface area contributed by atoms with Crippen molar-refractivity contribution in [3.05, 3.63) is 24.3 Å². The second-order valence-electron chi connectivity index (χ2n) is 9.03. The number of nitrogens with zero attached hydrogens (tertiary/aromatic N) is 3. The SMILES string of the molecule is CC(C)(C)OC(=O)N1CCCCC1CNc1nc2ccccc2nc1NC1CC1. The summed E-state index contributed by atoms with van der Waals surface area (Å²) in [6.45, 7) is 7.08. The number of carbonyl (C=O) groups excluding carboxylic acids is 1. The Bertz CT molecular complexity index is 875. The van der Waals surface area contributed by atoms with Crippen LogP contribution in [0.5, 0.6) is 0 Å². The standard InChI is InChI=1S/C22H31N5O2/c1-22(2,3)29-21(28)27-13-7-6-8-16(27)14-23-19-20(24-15-11-12-15)26-18-10-5-4-9-17(18)25-19/h4-5,9-10,15-16H,6-8,11-14H2,1-3H3,(H,23,25)(H,24,26). The van der Waals surface area contributed by atoms with E-state index in [0.717, 1.165) is 48.5 Å². The monoisotopic (exact) mass is 397 g/mol. The van der Waals surface area contributed by atoms with E-state index < -0.39 is 5.60 Å². The number of anilines is 2. The van der Waals surface area contributed by atoms with E-state index in [1.165, 1.54) is 12.8 Å². The molecule has 0 bridgehead atoms. The Labute approximate surface area is 172 Å². The molecule has 1 saturated heterocycles. The van der Waals surface area contributed by atoms with Crippen LogP contribution in [-0.4, -0.2) is 51.7 Å². The summed E-state index contributed by atoms with van der Waals surface area (Å²) in [6.07, 6.45) is 5.19. The van der Waals surface area contributed by atoms with Crippen molar-refractivity contribution in [2.75, 3.05) is 23.7 Å². The summed E-state index contributed by atoms with van der Waals surface area (Å²) < 4.78 is 5.62. The highest BCUT2D eigenvalue weighted by molar-refractivity contribution is 5.80. The summed E-state index contributed by atoms with van der Waals surface area (Å²) in [5.74, 6) is 1.55. The summed E-state index contributed by atoms with van der Waals surface area (Å²) >= 11 is 0. The highest BCUT2D eigenvalue weighted by Gasteiger charge is 2.31. The van der Waals surface area contributed by atoms with Gasteiger partial charge in [-0.2, -0.15) is 0 Å². The van der Waals surface area contributed by atoms with Crippen LogP contribution in [0.1, 0.15) is 52.9 Å². The van der Waals surface area contributed by atoms with E-state index in [-0.39, 0.29) is 12.1 Å². The normalized spacial score (nSPS) is 19.8. The van der Waals surface area contributed by atoms with Crippen molar-refractivity contribution in [1.82, 2.24) is 14.9 Å². The Balaban J connectivity index is 1.50. The van der Waals surface area contributed by atoms with Crippen LogP contribution < -0.4 is 10.6 Å². The maximum Gasteiger partial charge on any atom is 0.410 e. The zero-order chi connectivity index (χ0) is 20.4. The highest BCUT2D eigenvalue weighted by atomic mass is 16.6. The number of hydrogen-bond donors (Lipinski definition) is 2. The minimum absolute atomic E-state index is 0.0839. The van der Waals surface area contributed by atoms with Crippen molar-refractivity contribution in [1.29, 1.82) is 0 Å². The lowest BCUT2D eigenvalue weighted by molar-refractivity contribution is 0.0114. The molecular formula is C22H31N5O2. The molecule has 1 aliphatic carbocycles. The summed E-state index contributed by atoms with van der Waals surface area (Å²) in [5, 5.41) is 6.96. The van der Waals surface area contributed by atoms with E-state index in [1.807, 2.05) is 49.9 Å². The van der Waals surface area contributed by atoms with Crippen molar-refractivity contribution in [2.45, 2.75) is 70.6 Å². The van der Waals surface area contributed by atoms with Crippen LogP contribution in [0.2, 0.25) is 0 Å². The average molecular weight is 398 g/mol. The van der Waals surface area contributed by atoms with E-state index >= 15 is 0 Å². The number of nitrogens with one attached hydrogen (secondary N) is 2. The van der Waals surface area contributed by atoms with Crippen molar-refractivity contribution in [2.24, 2.45) is 0 Å². The molecule has 7 heteroatoms. The number of likely N-dealkylation sites (tertiary alicyclic amines) is 1. The van der Waals surface area contributed by atoms with Gasteiger partial charge in [0.2, 0.25) is 0 Å². The zero-order valence-corrected chi connectivity index (χ0v) is 17.6. The van der Waals surface area contributed by atoms with Crippen LogP contribution in [0.4, 0.5) is 16.4 Å². The van der Waals surface area contributed by atoms with E-state index in [1.54, 1.807) is 0 Å². The molecule has 2 fully saturated rings. The molecule has 0 spiro atoms. The van der Waals surface area contributed by atoms with E-state index in [4.69, 9.17) is 14.7 Å². The van der Waals surface area contributed by atoms with Gasteiger partial charge >= 0.3 is 6.09 Å². The van der Waals surface area contributed by atoms with Crippen molar-refractivity contribution >= 4 is 28.8 Å². The fourth-order valence-corrected chi connectivity index (χ4v) is 3.63. The predicted octanol–water partition coefficient (Wildman–Crippen LogP) is 4.41. The number of piperidine rings is 1. The van der Waals surface area contributed by atoms with Gasteiger partial charge < -0.3 is 20.3 Å². The molecule has 4 rings (SSSR count). The molecule has 2 aliphatic rings. The fraction of sp³-hybridized carbons (Fsp3) is 0.591. The summed E-state index contributed by atoms with van der Waals surface area (Å²) in [4.78, 5) is 24.1. The topological polar surface area (TPSA) is 79.4 Å². The Hall–Kier alpha value is -2.57. The highest BCUT2D eigenvalue weighted by Crippen LogP contribution is 2.29. The molecule has 1 aliphatic heterocycles. The second-order valence-corrected chi connectivity index (χ2v) is 9.03. The second kappa shape index (κ2) is 8.05. The lowest BCUT2D eigenvalue weighted by atomic mass is 10.0. The maximum absolute atomic E-state index is 12.7. The number of ether oxygens (including phenoxy) is 1. The molecule has 1 aromatic carbocycles. The molecule has 1 saturated carbocycles. The molecule has 1 atom stereocenters. The molecular weight excluding hydrogens is 366 g/mol. The molecule has 0 radical (unpaired) electrons. The van der Waals surface area contributed by atoms with Crippen molar-refractivity contribution in [3.8, 4) is 0 Å². The van der Waals surface area contributed by atoms with Gasteiger partial charge in [0.15, 0.2) is 11.6 Å².